The smallest absolute Gasteiger partial charge is 0.161 e. The van der Waals surface area contributed by atoms with Crippen molar-refractivity contribution in [3.8, 4) is 0 Å². The van der Waals surface area contributed by atoms with Gasteiger partial charge in [0.1, 0.15) is 11.9 Å². The van der Waals surface area contributed by atoms with Crippen LogP contribution in [0, 0.1) is 6.92 Å². The molecule has 1 fully saturated rings. The average Bonchev–Trinajstić information content (AvgIpc) is 2.39. The van der Waals surface area contributed by atoms with Crippen molar-refractivity contribution < 1.29 is 4.74 Å². The molecule has 0 saturated carbocycles. The number of nitrogens with zero attached hydrogens (tertiary/aromatic N) is 3. The number of likely N-dealkylation sites (N-methyl/N-ethyl adjacent to an activating group) is 1. The SMILES string of the molecule is CCNc1nc(C2CN(C)CCO2)nc(C)c1CC. The molecule has 0 bridgehead atoms. The van der Waals surface area contributed by atoms with Crippen LogP contribution in [0.4, 0.5) is 5.82 Å². The number of aryl methyl sites for hydroxylation is 1. The van der Waals surface area contributed by atoms with Gasteiger partial charge in [-0.25, -0.2) is 9.97 Å². The van der Waals surface area contributed by atoms with E-state index in [2.05, 4.69) is 48.0 Å². The van der Waals surface area contributed by atoms with Gasteiger partial charge in [-0.05, 0) is 27.3 Å². The van der Waals surface area contributed by atoms with Gasteiger partial charge in [0.2, 0.25) is 0 Å². The molecular weight excluding hydrogens is 240 g/mol. The summed E-state index contributed by atoms with van der Waals surface area (Å²) < 4.78 is 5.80. The number of hydrogen-bond donors (Lipinski definition) is 1. The molecule has 5 heteroatoms. The second kappa shape index (κ2) is 6.30. The highest BCUT2D eigenvalue weighted by atomic mass is 16.5. The Bertz CT molecular complexity index is 436. The van der Waals surface area contributed by atoms with Crippen molar-refractivity contribution in [2.24, 2.45) is 0 Å². The van der Waals surface area contributed by atoms with Crippen molar-refractivity contribution in [1.29, 1.82) is 0 Å². The summed E-state index contributed by atoms with van der Waals surface area (Å²) in [6.07, 6.45) is 0.931. The Labute approximate surface area is 115 Å². The van der Waals surface area contributed by atoms with E-state index in [9.17, 15) is 0 Å². The summed E-state index contributed by atoms with van der Waals surface area (Å²) in [6.45, 7) is 9.72. The Morgan fingerprint density at radius 3 is 2.79 bits per heavy atom. The molecule has 2 rings (SSSR count). The van der Waals surface area contributed by atoms with Gasteiger partial charge in [0, 0.05) is 30.9 Å². The normalized spacial score (nSPS) is 20.5. The van der Waals surface area contributed by atoms with E-state index in [-0.39, 0.29) is 6.10 Å². The van der Waals surface area contributed by atoms with E-state index in [4.69, 9.17) is 4.74 Å². The number of anilines is 1. The maximum absolute atomic E-state index is 5.80. The molecule has 1 aromatic rings. The monoisotopic (exact) mass is 264 g/mol. The van der Waals surface area contributed by atoms with Crippen molar-refractivity contribution in [2.75, 3.05) is 38.6 Å². The number of ether oxygens (including phenoxy) is 1. The minimum absolute atomic E-state index is 0.0132. The van der Waals surface area contributed by atoms with E-state index in [0.29, 0.717) is 0 Å². The summed E-state index contributed by atoms with van der Waals surface area (Å²) in [6, 6.07) is 0. The fraction of sp³-hybridized carbons (Fsp3) is 0.714. The van der Waals surface area contributed by atoms with E-state index < -0.39 is 0 Å². The Kier molecular flexibility index (Phi) is 4.71. The molecule has 106 valence electrons. The largest absolute Gasteiger partial charge is 0.370 e. The van der Waals surface area contributed by atoms with Crippen LogP contribution in [0.25, 0.3) is 0 Å². The van der Waals surface area contributed by atoms with E-state index in [1.807, 2.05) is 0 Å². The fourth-order valence-electron chi connectivity index (χ4n) is 2.43. The molecule has 1 aliphatic rings. The zero-order valence-corrected chi connectivity index (χ0v) is 12.4. The van der Waals surface area contributed by atoms with Crippen LogP contribution in [0.5, 0.6) is 0 Å². The van der Waals surface area contributed by atoms with E-state index in [0.717, 1.165) is 50.0 Å². The van der Waals surface area contributed by atoms with Crippen LogP contribution in [0.2, 0.25) is 0 Å². The molecule has 1 aromatic heterocycles. The number of hydrogen-bond acceptors (Lipinski definition) is 5. The second-order valence-corrected chi connectivity index (χ2v) is 5.00. The van der Waals surface area contributed by atoms with Crippen LogP contribution < -0.4 is 5.32 Å². The van der Waals surface area contributed by atoms with Gasteiger partial charge in [-0.3, -0.25) is 0 Å². The quantitative estimate of drug-likeness (QED) is 0.898. The summed E-state index contributed by atoms with van der Waals surface area (Å²) >= 11 is 0. The zero-order valence-electron chi connectivity index (χ0n) is 12.4. The molecule has 5 nitrogen and oxygen atoms in total. The topological polar surface area (TPSA) is 50.3 Å². The summed E-state index contributed by atoms with van der Waals surface area (Å²) in [5.41, 5.74) is 2.26. The van der Waals surface area contributed by atoms with E-state index in [1.165, 1.54) is 5.56 Å². The van der Waals surface area contributed by atoms with Crippen LogP contribution in [-0.2, 0) is 11.2 Å². The average molecular weight is 264 g/mol. The van der Waals surface area contributed by atoms with Gasteiger partial charge < -0.3 is 15.0 Å². The van der Waals surface area contributed by atoms with Crippen LogP contribution >= 0.6 is 0 Å². The fourth-order valence-corrected chi connectivity index (χ4v) is 2.43. The highest BCUT2D eigenvalue weighted by molar-refractivity contribution is 5.46. The molecular formula is C14H24N4O. The van der Waals surface area contributed by atoms with Crippen molar-refractivity contribution in [3.05, 3.63) is 17.1 Å². The molecule has 1 atom stereocenters. The van der Waals surface area contributed by atoms with Gasteiger partial charge in [0.15, 0.2) is 5.82 Å². The second-order valence-electron chi connectivity index (χ2n) is 5.00. The lowest BCUT2D eigenvalue weighted by atomic mass is 10.1. The van der Waals surface area contributed by atoms with Crippen molar-refractivity contribution >= 4 is 5.82 Å². The molecule has 1 aliphatic heterocycles. The zero-order chi connectivity index (χ0) is 13.8. The minimum atomic E-state index is -0.0132. The third kappa shape index (κ3) is 3.22. The van der Waals surface area contributed by atoms with Gasteiger partial charge in [-0.15, -0.1) is 0 Å². The Morgan fingerprint density at radius 1 is 1.37 bits per heavy atom. The summed E-state index contributed by atoms with van der Waals surface area (Å²) in [7, 11) is 2.11. The summed E-state index contributed by atoms with van der Waals surface area (Å²) in [4.78, 5) is 11.6. The first-order valence-corrected chi connectivity index (χ1v) is 7.07. The number of aromatic nitrogens is 2. The summed E-state index contributed by atoms with van der Waals surface area (Å²) in [5.74, 6) is 1.77. The van der Waals surface area contributed by atoms with E-state index in [1.54, 1.807) is 0 Å². The lowest BCUT2D eigenvalue weighted by Gasteiger charge is -2.29. The molecule has 1 unspecified atom stereocenters. The molecule has 2 heterocycles. The molecule has 0 aliphatic carbocycles. The predicted octanol–water partition coefficient (Wildman–Crippen LogP) is 1.78. The molecule has 1 N–H and O–H groups in total. The van der Waals surface area contributed by atoms with Crippen molar-refractivity contribution in [2.45, 2.75) is 33.3 Å². The first-order valence-electron chi connectivity index (χ1n) is 7.07. The van der Waals surface area contributed by atoms with Crippen LogP contribution in [0.3, 0.4) is 0 Å². The lowest BCUT2D eigenvalue weighted by molar-refractivity contribution is -0.0255. The highest BCUT2D eigenvalue weighted by Gasteiger charge is 2.23. The number of morpholine rings is 1. The van der Waals surface area contributed by atoms with Gasteiger partial charge in [-0.2, -0.15) is 0 Å². The first-order chi connectivity index (χ1) is 9.15. The predicted molar refractivity (Wildman–Crippen MR) is 76.5 cm³/mol. The molecule has 0 aromatic carbocycles. The van der Waals surface area contributed by atoms with Crippen LogP contribution in [0.15, 0.2) is 0 Å². The van der Waals surface area contributed by atoms with Gasteiger partial charge in [0.25, 0.3) is 0 Å². The molecule has 0 spiro atoms. The van der Waals surface area contributed by atoms with Crippen molar-refractivity contribution in [3.63, 3.8) is 0 Å². The molecule has 1 saturated heterocycles. The minimum Gasteiger partial charge on any atom is -0.370 e. The first kappa shape index (κ1) is 14.2. The lowest BCUT2D eigenvalue weighted by Crippen LogP contribution is -2.36. The van der Waals surface area contributed by atoms with Gasteiger partial charge >= 0.3 is 0 Å². The Hall–Kier alpha value is -1.20. The highest BCUT2D eigenvalue weighted by Crippen LogP contribution is 2.23. The molecule has 0 amide bonds. The maximum Gasteiger partial charge on any atom is 0.161 e. The Balaban J connectivity index is 2.30. The molecule has 19 heavy (non-hydrogen) atoms. The number of nitrogens with one attached hydrogen (secondary N) is 1. The van der Waals surface area contributed by atoms with Crippen LogP contribution in [0.1, 0.15) is 37.0 Å². The van der Waals surface area contributed by atoms with E-state index >= 15 is 0 Å². The standard InChI is InChI=1S/C14H24N4O/c1-5-11-10(3)16-14(17-13(11)15-6-2)12-9-18(4)7-8-19-12/h12H,5-9H2,1-4H3,(H,15,16,17). The summed E-state index contributed by atoms with van der Waals surface area (Å²) in [5, 5.41) is 3.34. The maximum atomic E-state index is 5.80. The molecule has 0 radical (unpaired) electrons. The van der Waals surface area contributed by atoms with Crippen molar-refractivity contribution in [1.82, 2.24) is 14.9 Å². The van der Waals surface area contributed by atoms with Gasteiger partial charge in [0.05, 0.1) is 6.61 Å². The van der Waals surface area contributed by atoms with Crippen LogP contribution in [-0.4, -0.2) is 48.2 Å². The third-order valence-corrected chi connectivity index (χ3v) is 3.49. The Morgan fingerprint density at radius 2 is 2.16 bits per heavy atom. The number of rotatable bonds is 4. The van der Waals surface area contributed by atoms with Gasteiger partial charge in [-0.1, -0.05) is 6.92 Å². The third-order valence-electron chi connectivity index (χ3n) is 3.49.